The maximum absolute atomic E-state index is 11.6. The highest BCUT2D eigenvalue weighted by Crippen LogP contribution is 2.33. The standard InChI is InChI=1S/C23H22NOP/c1-24(2)17-20(18-25)19-10-9-15-23(16-19)26(21-11-5-3-6-12-21)22-13-7-4-8-14-22/h3-18H,1-2H3. The Morgan fingerprint density at radius 1 is 0.769 bits per heavy atom. The van der Waals surface area contributed by atoms with Crippen LogP contribution in [0.1, 0.15) is 5.56 Å². The van der Waals surface area contributed by atoms with Crippen LogP contribution in [0.25, 0.3) is 5.57 Å². The number of hydrogen-bond donors (Lipinski definition) is 0. The fourth-order valence-corrected chi connectivity index (χ4v) is 5.22. The molecule has 0 saturated carbocycles. The van der Waals surface area contributed by atoms with E-state index >= 15 is 0 Å². The van der Waals surface area contributed by atoms with Crippen molar-refractivity contribution in [1.82, 2.24) is 4.90 Å². The monoisotopic (exact) mass is 359 g/mol. The smallest absolute Gasteiger partial charge is 0.152 e. The van der Waals surface area contributed by atoms with Crippen LogP contribution in [0.15, 0.2) is 91.1 Å². The summed E-state index contributed by atoms with van der Waals surface area (Å²) >= 11 is 0. The van der Waals surface area contributed by atoms with E-state index in [4.69, 9.17) is 0 Å². The quantitative estimate of drug-likeness (QED) is 0.381. The van der Waals surface area contributed by atoms with Crippen molar-refractivity contribution in [1.29, 1.82) is 0 Å². The molecule has 26 heavy (non-hydrogen) atoms. The van der Waals surface area contributed by atoms with E-state index in [0.717, 1.165) is 11.8 Å². The minimum atomic E-state index is -0.669. The summed E-state index contributed by atoms with van der Waals surface area (Å²) in [6.07, 6.45) is 2.78. The van der Waals surface area contributed by atoms with E-state index in [1.54, 1.807) is 0 Å². The number of allylic oxidation sites excluding steroid dienone is 1. The molecule has 0 spiro atoms. The Kier molecular flexibility index (Phi) is 5.99. The Balaban J connectivity index is 2.11. The number of nitrogens with zero attached hydrogens (tertiary/aromatic N) is 1. The third-order valence-corrected chi connectivity index (χ3v) is 6.41. The molecule has 0 aliphatic heterocycles. The molecule has 3 heteroatoms. The molecule has 0 amide bonds. The van der Waals surface area contributed by atoms with Crippen LogP contribution < -0.4 is 15.9 Å². The molecule has 0 atom stereocenters. The van der Waals surface area contributed by atoms with Crippen LogP contribution in [0.5, 0.6) is 0 Å². The Labute approximate surface area is 156 Å². The van der Waals surface area contributed by atoms with E-state index in [1.807, 2.05) is 49.5 Å². The number of rotatable bonds is 6. The molecule has 0 bridgehead atoms. The summed E-state index contributed by atoms with van der Waals surface area (Å²) in [7, 11) is 3.18. The molecule has 0 unspecified atom stereocenters. The maximum atomic E-state index is 11.6. The van der Waals surface area contributed by atoms with Crippen molar-refractivity contribution in [3.05, 3.63) is 96.7 Å². The molecule has 0 fully saturated rings. The number of hydrogen-bond acceptors (Lipinski definition) is 2. The largest absolute Gasteiger partial charge is 0.383 e. The molecule has 0 heterocycles. The van der Waals surface area contributed by atoms with Crippen molar-refractivity contribution < 1.29 is 4.79 Å². The van der Waals surface area contributed by atoms with Gasteiger partial charge in [0.2, 0.25) is 0 Å². The Hall–Kier alpha value is -2.70. The highest BCUT2D eigenvalue weighted by atomic mass is 31.1. The number of benzene rings is 3. The molecule has 0 radical (unpaired) electrons. The Morgan fingerprint density at radius 3 is 1.81 bits per heavy atom. The normalized spacial score (nSPS) is 11.4. The van der Waals surface area contributed by atoms with Crippen molar-refractivity contribution >= 4 is 35.7 Å². The summed E-state index contributed by atoms with van der Waals surface area (Å²) in [5.74, 6) is 0. The summed E-state index contributed by atoms with van der Waals surface area (Å²) in [6, 6.07) is 29.5. The van der Waals surface area contributed by atoms with Gasteiger partial charge in [0, 0.05) is 25.9 Å². The lowest BCUT2D eigenvalue weighted by atomic mass is 10.1. The van der Waals surface area contributed by atoms with Crippen molar-refractivity contribution in [3.8, 4) is 0 Å². The average Bonchev–Trinajstić information content (AvgIpc) is 2.68. The van der Waals surface area contributed by atoms with E-state index in [0.29, 0.717) is 5.57 Å². The Morgan fingerprint density at radius 2 is 1.31 bits per heavy atom. The van der Waals surface area contributed by atoms with E-state index in [9.17, 15) is 4.79 Å². The number of carbonyl (C=O) groups is 1. The van der Waals surface area contributed by atoms with Gasteiger partial charge in [-0.1, -0.05) is 78.9 Å². The zero-order valence-electron chi connectivity index (χ0n) is 15.0. The predicted octanol–water partition coefficient (Wildman–Crippen LogP) is 3.55. The summed E-state index contributed by atoms with van der Waals surface area (Å²) in [5.41, 5.74) is 1.64. The lowest BCUT2D eigenvalue weighted by Gasteiger charge is -2.20. The van der Waals surface area contributed by atoms with Gasteiger partial charge in [0.25, 0.3) is 0 Å². The molecule has 130 valence electrons. The lowest BCUT2D eigenvalue weighted by molar-refractivity contribution is -0.103. The SMILES string of the molecule is CN(C)C=C(C=O)c1cccc(P(c2ccccc2)c2ccccc2)c1. The second kappa shape index (κ2) is 8.60. The minimum Gasteiger partial charge on any atom is -0.383 e. The van der Waals surface area contributed by atoms with Crippen molar-refractivity contribution in [2.24, 2.45) is 0 Å². The van der Waals surface area contributed by atoms with Gasteiger partial charge >= 0.3 is 0 Å². The summed E-state index contributed by atoms with van der Waals surface area (Å²) in [6.45, 7) is 0. The van der Waals surface area contributed by atoms with Gasteiger partial charge in [-0.15, -0.1) is 0 Å². The fourth-order valence-electron chi connectivity index (χ4n) is 2.88. The fraction of sp³-hybridized carbons (Fsp3) is 0.0870. The molecule has 3 rings (SSSR count). The van der Waals surface area contributed by atoms with Gasteiger partial charge in [-0.3, -0.25) is 4.79 Å². The highest BCUT2D eigenvalue weighted by Gasteiger charge is 2.16. The summed E-state index contributed by atoms with van der Waals surface area (Å²) in [5, 5.41) is 3.84. The van der Waals surface area contributed by atoms with Gasteiger partial charge in [-0.05, 0) is 35.5 Å². The van der Waals surface area contributed by atoms with Crippen LogP contribution in [0, 0.1) is 0 Å². The first-order chi connectivity index (χ1) is 12.7. The van der Waals surface area contributed by atoms with E-state index in [1.165, 1.54) is 15.9 Å². The van der Waals surface area contributed by atoms with Gasteiger partial charge in [0.1, 0.15) is 0 Å². The first-order valence-corrected chi connectivity index (χ1v) is 9.87. The lowest BCUT2D eigenvalue weighted by Crippen LogP contribution is -2.20. The highest BCUT2D eigenvalue weighted by molar-refractivity contribution is 7.79. The first kappa shape index (κ1) is 18.1. The first-order valence-electron chi connectivity index (χ1n) is 8.53. The Bertz CT molecular complexity index is 849. The zero-order valence-corrected chi connectivity index (χ0v) is 15.9. The van der Waals surface area contributed by atoms with Gasteiger partial charge in [0.05, 0.1) is 0 Å². The third-order valence-electron chi connectivity index (χ3n) is 3.99. The zero-order chi connectivity index (χ0) is 18.4. The molecule has 0 aliphatic carbocycles. The van der Waals surface area contributed by atoms with E-state index < -0.39 is 7.92 Å². The average molecular weight is 359 g/mol. The number of carbonyl (C=O) groups excluding carboxylic acids is 1. The van der Waals surface area contributed by atoms with Crippen LogP contribution in [-0.4, -0.2) is 25.3 Å². The van der Waals surface area contributed by atoms with Gasteiger partial charge in [0.15, 0.2) is 6.29 Å². The van der Waals surface area contributed by atoms with Gasteiger partial charge in [-0.25, -0.2) is 0 Å². The van der Waals surface area contributed by atoms with Crippen LogP contribution >= 0.6 is 7.92 Å². The topological polar surface area (TPSA) is 20.3 Å². The maximum Gasteiger partial charge on any atom is 0.152 e. The summed E-state index contributed by atoms with van der Waals surface area (Å²) < 4.78 is 0. The third kappa shape index (κ3) is 4.28. The molecule has 3 aromatic carbocycles. The van der Waals surface area contributed by atoms with Crippen LogP contribution in [0.3, 0.4) is 0 Å². The van der Waals surface area contributed by atoms with E-state index in [2.05, 4.69) is 60.7 Å². The molecule has 0 saturated heterocycles. The second-order valence-corrected chi connectivity index (χ2v) is 8.44. The molecule has 0 aliphatic rings. The van der Waals surface area contributed by atoms with Gasteiger partial charge < -0.3 is 4.90 Å². The van der Waals surface area contributed by atoms with Crippen molar-refractivity contribution in [3.63, 3.8) is 0 Å². The van der Waals surface area contributed by atoms with Crippen molar-refractivity contribution in [2.75, 3.05) is 14.1 Å². The van der Waals surface area contributed by atoms with Crippen molar-refractivity contribution in [2.45, 2.75) is 0 Å². The minimum absolute atomic E-state index is 0.669. The van der Waals surface area contributed by atoms with Crippen LogP contribution in [0.4, 0.5) is 0 Å². The second-order valence-electron chi connectivity index (χ2n) is 6.22. The van der Waals surface area contributed by atoms with Crippen LogP contribution in [-0.2, 0) is 4.79 Å². The molecule has 0 aromatic heterocycles. The predicted molar refractivity (Wildman–Crippen MR) is 113 cm³/mol. The summed E-state index contributed by atoms with van der Waals surface area (Å²) in [4.78, 5) is 13.5. The molecular formula is C23H22NOP. The number of aldehydes is 1. The van der Waals surface area contributed by atoms with Crippen LogP contribution in [0.2, 0.25) is 0 Å². The van der Waals surface area contributed by atoms with Gasteiger partial charge in [-0.2, -0.15) is 0 Å². The molecule has 3 aromatic rings. The molecule has 2 nitrogen and oxygen atoms in total. The van der Waals surface area contributed by atoms with E-state index in [-0.39, 0.29) is 0 Å². The molecule has 0 N–H and O–H groups in total. The molecular weight excluding hydrogens is 337 g/mol.